The lowest BCUT2D eigenvalue weighted by Crippen LogP contribution is -2.04. The molecule has 0 bridgehead atoms. The number of fused-ring (bicyclic) bond motifs is 4. The second-order valence-corrected chi connectivity index (χ2v) is 5.05. The summed E-state index contributed by atoms with van der Waals surface area (Å²) in [6.45, 7) is 1.56. The van der Waals surface area contributed by atoms with Crippen molar-refractivity contribution in [2.75, 3.05) is 11.5 Å². The first kappa shape index (κ1) is 11.2. The summed E-state index contributed by atoms with van der Waals surface area (Å²) < 4.78 is 3.80. The number of benzene rings is 1. The van der Waals surface area contributed by atoms with Crippen LogP contribution in [0, 0.1) is 0 Å². The summed E-state index contributed by atoms with van der Waals surface area (Å²) in [4.78, 5) is 16.0. The third-order valence-corrected chi connectivity index (χ3v) is 3.85. The number of aromatic nitrogens is 3. The van der Waals surface area contributed by atoms with Gasteiger partial charge in [-0.15, -0.1) is 0 Å². The van der Waals surface area contributed by atoms with Crippen LogP contribution in [0.4, 0.5) is 11.5 Å². The van der Waals surface area contributed by atoms with Crippen LogP contribution < -0.4 is 16.9 Å². The highest BCUT2D eigenvalue weighted by atomic mass is 16.3. The number of aromatic hydroxyl groups is 1. The predicted octanol–water partition coefficient (Wildman–Crippen LogP) is 0.625. The molecule has 20 heavy (non-hydrogen) atoms. The number of hydrogen-bond acceptors (Lipinski definition) is 5. The van der Waals surface area contributed by atoms with Crippen molar-refractivity contribution in [3.63, 3.8) is 0 Å². The zero-order valence-corrected chi connectivity index (χ0v) is 10.6. The van der Waals surface area contributed by atoms with Gasteiger partial charge in [0, 0.05) is 19.2 Å². The summed E-state index contributed by atoms with van der Waals surface area (Å²) in [5.41, 5.74) is 13.4. The van der Waals surface area contributed by atoms with Gasteiger partial charge in [-0.2, -0.15) is 0 Å². The number of nitrogens with two attached hydrogens (primary N) is 2. The van der Waals surface area contributed by atoms with Crippen molar-refractivity contribution in [3.05, 3.63) is 22.4 Å². The number of hydrogen-bond donors (Lipinski definition) is 3. The molecule has 0 fully saturated rings. The molecule has 7 nitrogen and oxygen atoms in total. The lowest BCUT2D eigenvalue weighted by Gasteiger charge is -2.06. The van der Waals surface area contributed by atoms with Crippen LogP contribution in [-0.2, 0) is 13.1 Å². The minimum atomic E-state index is -0.250. The Bertz CT molecular complexity index is 938. The summed E-state index contributed by atoms with van der Waals surface area (Å²) in [5, 5.41) is 10.9. The number of anilines is 2. The molecular weight excluding hydrogens is 258 g/mol. The fourth-order valence-corrected chi connectivity index (χ4v) is 2.98. The molecule has 7 heteroatoms. The largest absolute Gasteiger partial charge is 0.505 e. The Hall–Kier alpha value is -2.70. The fraction of sp³-hybridized carbons (Fsp3) is 0.231. The topological polar surface area (TPSA) is 112 Å². The van der Waals surface area contributed by atoms with Gasteiger partial charge in [0.1, 0.15) is 16.9 Å². The van der Waals surface area contributed by atoms with Crippen LogP contribution in [0.1, 0.15) is 6.42 Å². The molecule has 0 unspecified atom stereocenters. The molecule has 1 aliphatic heterocycles. The van der Waals surface area contributed by atoms with E-state index in [1.165, 1.54) is 12.1 Å². The number of pyridine rings is 1. The molecule has 4 rings (SSSR count). The van der Waals surface area contributed by atoms with E-state index in [4.69, 9.17) is 11.5 Å². The van der Waals surface area contributed by atoms with Crippen LogP contribution in [-0.4, -0.2) is 19.5 Å². The Morgan fingerprint density at radius 1 is 1.15 bits per heavy atom. The lowest BCUT2D eigenvalue weighted by atomic mass is 10.1. The summed E-state index contributed by atoms with van der Waals surface area (Å²) in [6, 6.07) is 2.65. The molecule has 0 amide bonds. The van der Waals surface area contributed by atoms with E-state index in [0.29, 0.717) is 27.8 Å². The number of nitrogens with zero attached hydrogens (tertiary/aromatic N) is 3. The number of rotatable bonds is 0. The molecule has 2 aromatic heterocycles. The maximum Gasteiger partial charge on any atom is 0.181 e. The smallest absolute Gasteiger partial charge is 0.181 e. The molecule has 1 aliphatic rings. The molecular formula is C13H13N5O2. The summed E-state index contributed by atoms with van der Waals surface area (Å²) in [5.74, 6) is 0.530. The van der Waals surface area contributed by atoms with E-state index in [9.17, 15) is 9.90 Å². The molecule has 5 N–H and O–H groups in total. The van der Waals surface area contributed by atoms with Gasteiger partial charge in [0.25, 0.3) is 0 Å². The van der Waals surface area contributed by atoms with Gasteiger partial charge in [0.05, 0.1) is 16.6 Å². The van der Waals surface area contributed by atoms with Gasteiger partial charge in [0.15, 0.2) is 11.2 Å². The maximum absolute atomic E-state index is 11.6. The Labute approximate surface area is 113 Å². The van der Waals surface area contributed by atoms with Crippen LogP contribution in [0.5, 0.6) is 5.75 Å². The van der Waals surface area contributed by atoms with Gasteiger partial charge >= 0.3 is 0 Å². The molecule has 0 atom stereocenters. The third-order valence-electron chi connectivity index (χ3n) is 3.85. The Balaban J connectivity index is 2.29. The highest BCUT2D eigenvalue weighted by molar-refractivity contribution is 6.05. The van der Waals surface area contributed by atoms with E-state index >= 15 is 0 Å². The average molecular weight is 271 g/mol. The minimum absolute atomic E-state index is 0.0155. The standard InChI is InChI=1S/C13H13N5O2/c14-8-5-6(19)4-7-9(8)16-10-11(12(7)20)17-2-1-3-18(17)13(10)15/h4-5,20H,1-3,14-15H2. The lowest BCUT2D eigenvalue weighted by molar-refractivity contribution is 0.481. The monoisotopic (exact) mass is 271 g/mol. The fourth-order valence-electron chi connectivity index (χ4n) is 2.98. The van der Waals surface area contributed by atoms with E-state index < -0.39 is 0 Å². The summed E-state index contributed by atoms with van der Waals surface area (Å²) in [7, 11) is 0. The van der Waals surface area contributed by atoms with Crippen LogP contribution >= 0.6 is 0 Å². The zero-order chi connectivity index (χ0) is 14.0. The molecule has 0 radical (unpaired) electrons. The Morgan fingerprint density at radius 2 is 1.90 bits per heavy atom. The van der Waals surface area contributed by atoms with Crippen molar-refractivity contribution < 1.29 is 5.11 Å². The van der Waals surface area contributed by atoms with Gasteiger partial charge in [-0.1, -0.05) is 0 Å². The van der Waals surface area contributed by atoms with Crippen molar-refractivity contribution in [2.24, 2.45) is 0 Å². The van der Waals surface area contributed by atoms with Crippen molar-refractivity contribution >= 4 is 33.4 Å². The van der Waals surface area contributed by atoms with Crippen molar-refractivity contribution in [1.29, 1.82) is 0 Å². The van der Waals surface area contributed by atoms with Crippen LogP contribution in [0.15, 0.2) is 16.9 Å². The Kier molecular flexibility index (Phi) is 1.92. The summed E-state index contributed by atoms with van der Waals surface area (Å²) >= 11 is 0. The molecule has 0 aliphatic carbocycles. The van der Waals surface area contributed by atoms with Crippen LogP contribution in [0.3, 0.4) is 0 Å². The molecule has 3 heterocycles. The summed E-state index contributed by atoms with van der Waals surface area (Å²) in [6.07, 6.45) is 0.960. The number of nitrogen functional groups attached to an aromatic ring is 2. The molecule has 0 saturated heterocycles. The van der Waals surface area contributed by atoms with E-state index in [1.54, 1.807) is 0 Å². The molecule has 3 aromatic rings. The zero-order valence-electron chi connectivity index (χ0n) is 10.6. The quantitative estimate of drug-likeness (QED) is 0.519. The van der Waals surface area contributed by atoms with Gasteiger partial charge in [-0.25, -0.2) is 4.98 Å². The average Bonchev–Trinajstić information content (AvgIpc) is 2.95. The predicted molar refractivity (Wildman–Crippen MR) is 76.6 cm³/mol. The SMILES string of the molecule is Nc1cc(=O)cc2c(O)c3c(nc12)c(N)n1n3CCC1. The first-order chi connectivity index (χ1) is 9.58. The first-order valence-electron chi connectivity index (χ1n) is 6.39. The van der Waals surface area contributed by atoms with Gasteiger partial charge in [-0.3, -0.25) is 14.2 Å². The van der Waals surface area contributed by atoms with E-state index in [2.05, 4.69) is 4.98 Å². The molecule has 1 aromatic carbocycles. The normalized spacial score (nSPS) is 14.2. The van der Waals surface area contributed by atoms with Gasteiger partial charge < -0.3 is 16.6 Å². The molecule has 0 spiro atoms. The second kappa shape index (κ2) is 3.44. The van der Waals surface area contributed by atoms with Crippen molar-refractivity contribution in [3.8, 4) is 5.75 Å². The van der Waals surface area contributed by atoms with Gasteiger partial charge in [-0.05, 0) is 12.5 Å². The molecule has 102 valence electrons. The minimum Gasteiger partial charge on any atom is -0.505 e. The van der Waals surface area contributed by atoms with Crippen LogP contribution in [0.25, 0.3) is 21.9 Å². The van der Waals surface area contributed by atoms with E-state index in [0.717, 1.165) is 19.5 Å². The number of aryl methyl sites for hydroxylation is 1. The maximum atomic E-state index is 11.6. The highest BCUT2D eigenvalue weighted by Crippen LogP contribution is 2.37. The van der Waals surface area contributed by atoms with Crippen molar-refractivity contribution in [1.82, 2.24) is 14.3 Å². The first-order valence-corrected chi connectivity index (χ1v) is 6.39. The van der Waals surface area contributed by atoms with Crippen molar-refractivity contribution in [2.45, 2.75) is 19.5 Å². The van der Waals surface area contributed by atoms with Crippen LogP contribution in [0.2, 0.25) is 0 Å². The second-order valence-electron chi connectivity index (χ2n) is 5.05. The molecule has 0 saturated carbocycles. The van der Waals surface area contributed by atoms with E-state index in [-0.39, 0.29) is 16.9 Å². The highest BCUT2D eigenvalue weighted by Gasteiger charge is 2.23. The third kappa shape index (κ3) is 1.19. The van der Waals surface area contributed by atoms with E-state index in [1.807, 2.05) is 9.36 Å². The Morgan fingerprint density at radius 3 is 2.70 bits per heavy atom. The van der Waals surface area contributed by atoms with Gasteiger partial charge in [0.2, 0.25) is 0 Å².